The highest BCUT2D eigenvalue weighted by molar-refractivity contribution is 9.10. The molecular formula is C28H30BrClN2O3. The lowest BCUT2D eigenvalue weighted by Crippen LogP contribution is -2.51. The van der Waals surface area contributed by atoms with E-state index in [-0.39, 0.29) is 18.4 Å². The predicted molar refractivity (Wildman–Crippen MR) is 144 cm³/mol. The summed E-state index contributed by atoms with van der Waals surface area (Å²) in [7, 11) is 0. The maximum absolute atomic E-state index is 13.6. The summed E-state index contributed by atoms with van der Waals surface area (Å²) >= 11 is 9.65. The van der Waals surface area contributed by atoms with Crippen molar-refractivity contribution in [2.75, 3.05) is 13.2 Å². The minimum Gasteiger partial charge on any atom is -0.482 e. The molecule has 0 heterocycles. The van der Waals surface area contributed by atoms with Crippen LogP contribution in [-0.2, 0) is 22.6 Å². The fraction of sp³-hybridized carbons (Fsp3) is 0.286. The summed E-state index contributed by atoms with van der Waals surface area (Å²) in [5.74, 6) is -0.0618. The van der Waals surface area contributed by atoms with Crippen molar-refractivity contribution in [3.8, 4) is 5.75 Å². The van der Waals surface area contributed by atoms with Crippen molar-refractivity contribution in [3.05, 3.63) is 99.0 Å². The molecule has 0 spiro atoms. The van der Waals surface area contributed by atoms with Gasteiger partial charge in [-0.25, -0.2) is 0 Å². The van der Waals surface area contributed by atoms with E-state index < -0.39 is 6.04 Å². The Bertz CT molecular complexity index is 1140. The molecule has 3 rings (SSSR count). The number of nitrogens with zero attached hydrogens (tertiary/aromatic N) is 1. The van der Waals surface area contributed by atoms with Gasteiger partial charge < -0.3 is 15.0 Å². The average molecular weight is 558 g/mol. The van der Waals surface area contributed by atoms with E-state index in [9.17, 15) is 9.59 Å². The van der Waals surface area contributed by atoms with Crippen LogP contribution in [0.1, 0.15) is 30.0 Å². The Morgan fingerprint density at radius 2 is 1.77 bits per heavy atom. The molecule has 0 aliphatic heterocycles. The number of carbonyl (C=O) groups is 2. The smallest absolute Gasteiger partial charge is 0.261 e. The number of halogens is 2. The monoisotopic (exact) mass is 556 g/mol. The van der Waals surface area contributed by atoms with Crippen LogP contribution < -0.4 is 10.1 Å². The second kappa shape index (κ2) is 13.3. The Kier molecular flexibility index (Phi) is 10.2. The number of amides is 2. The zero-order chi connectivity index (χ0) is 25.2. The van der Waals surface area contributed by atoms with Gasteiger partial charge in [-0.05, 0) is 48.2 Å². The van der Waals surface area contributed by atoms with Crippen molar-refractivity contribution >= 4 is 39.3 Å². The largest absolute Gasteiger partial charge is 0.482 e. The molecule has 0 aromatic heterocycles. The molecule has 0 saturated carbocycles. The summed E-state index contributed by atoms with van der Waals surface area (Å²) < 4.78 is 6.61. The Morgan fingerprint density at radius 3 is 2.46 bits per heavy atom. The van der Waals surface area contributed by atoms with Crippen LogP contribution in [0.4, 0.5) is 0 Å². The standard InChI is InChI=1S/C28H30BrClN2O3/c1-3-15-31-28(34)25(16-21-10-5-4-6-11-21)32(18-22-12-8-7-9-20(22)2)27(33)19-35-26-14-13-23(29)17-24(26)30/h4-14,17,25H,3,15-16,18-19H2,1-2H3,(H,31,34)/t25-/m0/s1. The summed E-state index contributed by atoms with van der Waals surface area (Å²) in [4.78, 5) is 28.5. The fourth-order valence-corrected chi connectivity index (χ4v) is 4.43. The molecule has 1 atom stereocenters. The number of carbonyl (C=O) groups excluding carboxylic acids is 2. The zero-order valence-corrected chi connectivity index (χ0v) is 22.3. The molecule has 0 unspecified atom stereocenters. The van der Waals surface area contributed by atoms with Gasteiger partial charge in [-0.3, -0.25) is 9.59 Å². The van der Waals surface area contributed by atoms with Gasteiger partial charge in [-0.2, -0.15) is 0 Å². The molecule has 3 aromatic rings. The van der Waals surface area contributed by atoms with E-state index in [0.717, 1.165) is 27.6 Å². The van der Waals surface area contributed by atoms with Crippen LogP contribution >= 0.6 is 27.5 Å². The molecule has 3 aromatic carbocycles. The minimum atomic E-state index is -0.694. The van der Waals surface area contributed by atoms with E-state index in [1.54, 1.807) is 23.1 Å². The molecular weight excluding hydrogens is 528 g/mol. The highest BCUT2D eigenvalue weighted by Crippen LogP contribution is 2.28. The number of ether oxygens (including phenoxy) is 1. The lowest BCUT2D eigenvalue weighted by atomic mass is 10.0. The van der Waals surface area contributed by atoms with Crippen molar-refractivity contribution in [3.63, 3.8) is 0 Å². The normalized spacial score (nSPS) is 11.5. The second-order valence-corrected chi connectivity index (χ2v) is 9.63. The van der Waals surface area contributed by atoms with Gasteiger partial charge in [0.05, 0.1) is 5.02 Å². The Hall–Kier alpha value is -2.83. The van der Waals surface area contributed by atoms with Gasteiger partial charge in [0.15, 0.2) is 6.61 Å². The van der Waals surface area contributed by atoms with Crippen LogP contribution in [0.5, 0.6) is 5.75 Å². The number of benzene rings is 3. The van der Waals surface area contributed by atoms with Crippen molar-refractivity contribution in [2.45, 2.75) is 39.3 Å². The first-order valence-corrected chi connectivity index (χ1v) is 12.8. The Balaban J connectivity index is 1.91. The molecule has 7 heteroatoms. The fourth-order valence-electron chi connectivity index (χ4n) is 3.71. The van der Waals surface area contributed by atoms with Crippen LogP contribution in [0.25, 0.3) is 0 Å². The van der Waals surface area contributed by atoms with Crippen LogP contribution in [0.15, 0.2) is 77.3 Å². The predicted octanol–water partition coefficient (Wildman–Crippen LogP) is 5.96. The van der Waals surface area contributed by atoms with Gasteiger partial charge >= 0.3 is 0 Å². The topological polar surface area (TPSA) is 58.6 Å². The summed E-state index contributed by atoms with van der Waals surface area (Å²) in [5.41, 5.74) is 3.00. The first kappa shape index (κ1) is 26.8. The lowest BCUT2D eigenvalue weighted by molar-refractivity contribution is -0.142. The van der Waals surface area contributed by atoms with Gasteiger partial charge in [0.25, 0.3) is 5.91 Å². The summed E-state index contributed by atoms with van der Waals surface area (Å²) in [6.07, 6.45) is 1.20. The first-order valence-electron chi connectivity index (χ1n) is 11.6. The van der Waals surface area contributed by atoms with Crippen molar-refractivity contribution in [1.82, 2.24) is 10.2 Å². The molecule has 0 saturated heterocycles. The van der Waals surface area contributed by atoms with E-state index in [2.05, 4.69) is 21.2 Å². The van der Waals surface area contributed by atoms with E-state index in [4.69, 9.17) is 16.3 Å². The molecule has 2 amide bonds. The number of nitrogens with one attached hydrogen (secondary N) is 1. The molecule has 184 valence electrons. The van der Waals surface area contributed by atoms with E-state index >= 15 is 0 Å². The third-order valence-electron chi connectivity index (χ3n) is 5.67. The van der Waals surface area contributed by atoms with Gasteiger partial charge in [0.1, 0.15) is 11.8 Å². The number of hydrogen-bond donors (Lipinski definition) is 1. The van der Waals surface area contributed by atoms with E-state index in [0.29, 0.717) is 30.3 Å². The van der Waals surface area contributed by atoms with Crippen molar-refractivity contribution < 1.29 is 14.3 Å². The molecule has 0 aliphatic carbocycles. The Morgan fingerprint density at radius 1 is 1.06 bits per heavy atom. The molecule has 0 aliphatic rings. The third-order valence-corrected chi connectivity index (χ3v) is 6.46. The number of aryl methyl sites for hydroxylation is 1. The summed E-state index contributed by atoms with van der Waals surface area (Å²) in [6.45, 7) is 4.60. The average Bonchev–Trinajstić information content (AvgIpc) is 2.85. The molecule has 0 bridgehead atoms. The van der Waals surface area contributed by atoms with Crippen LogP contribution in [-0.4, -0.2) is 35.9 Å². The van der Waals surface area contributed by atoms with Crippen LogP contribution in [0.2, 0.25) is 5.02 Å². The van der Waals surface area contributed by atoms with E-state index in [1.165, 1.54) is 0 Å². The summed E-state index contributed by atoms with van der Waals surface area (Å²) in [6, 6.07) is 22.1. The van der Waals surface area contributed by atoms with Crippen LogP contribution in [0.3, 0.4) is 0 Å². The zero-order valence-electron chi connectivity index (χ0n) is 20.0. The maximum atomic E-state index is 13.6. The second-order valence-electron chi connectivity index (χ2n) is 8.31. The van der Waals surface area contributed by atoms with Crippen molar-refractivity contribution in [2.24, 2.45) is 0 Å². The minimum absolute atomic E-state index is 0.181. The first-order chi connectivity index (χ1) is 16.9. The quantitative estimate of drug-likeness (QED) is 0.317. The summed E-state index contributed by atoms with van der Waals surface area (Å²) in [5, 5.41) is 3.38. The van der Waals surface area contributed by atoms with E-state index in [1.807, 2.05) is 68.4 Å². The van der Waals surface area contributed by atoms with Gasteiger partial charge in [0.2, 0.25) is 5.91 Å². The van der Waals surface area contributed by atoms with Gasteiger partial charge in [-0.15, -0.1) is 0 Å². The molecule has 1 N–H and O–H groups in total. The van der Waals surface area contributed by atoms with Gasteiger partial charge in [0, 0.05) is 24.0 Å². The van der Waals surface area contributed by atoms with Gasteiger partial charge in [-0.1, -0.05) is 89.1 Å². The third kappa shape index (κ3) is 7.84. The molecule has 35 heavy (non-hydrogen) atoms. The molecule has 0 radical (unpaired) electrons. The lowest BCUT2D eigenvalue weighted by Gasteiger charge is -2.32. The van der Waals surface area contributed by atoms with Crippen molar-refractivity contribution in [1.29, 1.82) is 0 Å². The molecule has 0 fully saturated rings. The maximum Gasteiger partial charge on any atom is 0.261 e. The highest BCUT2D eigenvalue weighted by Gasteiger charge is 2.31. The van der Waals surface area contributed by atoms with Crippen LogP contribution in [0, 0.1) is 6.92 Å². The number of rotatable bonds is 11. The number of hydrogen-bond acceptors (Lipinski definition) is 3. The molecule has 5 nitrogen and oxygen atoms in total. The SMILES string of the molecule is CCCNC(=O)[C@H](Cc1ccccc1)N(Cc1ccccc1C)C(=O)COc1ccc(Br)cc1Cl. The Labute approximate surface area is 220 Å². The highest BCUT2D eigenvalue weighted by atomic mass is 79.9.